The lowest BCUT2D eigenvalue weighted by Gasteiger charge is -1.56. The van der Waals surface area contributed by atoms with Crippen LogP contribution in [-0.4, -0.2) is 10.1 Å². The maximum absolute atomic E-state index is 5.14. The van der Waals surface area contributed by atoms with Gasteiger partial charge in [0.25, 0.3) is 5.28 Å². The summed E-state index contributed by atoms with van der Waals surface area (Å²) in [5.41, 5.74) is 0. The Hall–Kier alpha value is -0.570. The van der Waals surface area contributed by atoms with Crippen LogP contribution in [0.3, 0.4) is 0 Å². The minimum Gasteiger partial charge on any atom is -0.341 e. The molecule has 3 nitrogen and oxygen atoms in total. The second-order valence-electron chi connectivity index (χ2n) is 0.700. The van der Waals surface area contributed by atoms with Gasteiger partial charge < -0.3 is 4.52 Å². The van der Waals surface area contributed by atoms with Crippen LogP contribution in [0.5, 0.6) is 0 Å². The molecule has 0 amide bonds. The maximum Gasteiger partial charge on any atom is 0.263 e. The number of hydrogen-bond acceptors (Lipinski definition) is 3. The summed E-state index contributed by atoms with van der Waals surface area (Å²) in [7, 11) is 0. The van der Waals surface area contributed by atoms with E-state index in [1.54, 1.807) is 0 Å². The molecule has 0 spiro atoms. The van der Waals surface area contributed by atoms with Crippen LogP contribution in [0.2, 0.25) is 5.28 Å². The van der Waals surface area contributed by atoms with Crippen molar-refractivity contribution in [2.75, 3.05) is 0 Å². The van der Waals surface area contributed by atoms with E-state index in [0.29, 0.717) is 0 Å². The van der Waals surface area contributed by atoms with Gasteiger partial charge in [-0.3, -0.25) is 0 Å². The molecule has 1 heterocycles. The van der Waals surface area contributed by atoms with Crippen LogP contribution in [0.15, 0.2) is 10.9 Å². The van der Waals surface area contributed by atoms with E-state index in [4.69, 9.17) is 11.6 Å². The zero-order chi connectivity index (χ0) is 4.41. The third-order valence-electron chi connectivity index (χ3n) is 0.334. The third-order valence-corrected chi connectivity index (χ3v) is 0.501. The van der Waals surface area contributed by atoms with Crippen molar-refractivity contribution in [3.63, 3.8) is 0 Å². The molecule has 0 aliphatic rings. The third kappa shape index (κ3) is 0.490. The SMILES string of the molecule is Clc1ncon1. The molecular weight excluding hydrogens is 103 g/mol. The van der Waals surface area contributed by atoms with Crippen molar-refractivity contribution in [3.05, 3.63) is 11.7 Å². The highest BCUT2D eigenvalue weighted by Crippen LogP contribution is 1.92. The summed E-state index contributed by atoms with van der Waals surface area (Å²) in [5, 5.41) is 3.34. The van der Waals surface area contributed by atoms with Gasteiger partial charge in [-0.1, -0.05) is 0 Å². The highest BCUT2D eigenvalue weighted by atomic mass is 35.5. The predicted molar refractivity (Wildman–Crippen MR) is 19.3 cm³/mol. The molecule has 0 radical (unpaired) electrons. The van der Waals surface area contributed by atoms with E-state index in [0.717, 1.165) is 0 Å². The standard InChI is InChI=1S/C2HClN2O/c3-2-4-1-6-5-2/h1H. The van der Waals surface area contributed by atoms with E-state index in [9.17, 15) is 0 Å². The smallest absolute Gasteiger partial charge is 0.263 e. The monoisotopic (exact) mass is 104 g/mol. The van der Waals surface area contributed by atoms with Gasteiger partial charge in [-0.15, -0.1) is 0 Å². The zero-order valence-electron chi connectivity index (χ0n) is 2.76. The van der Waals surface area contributed by atoms with Gasteiger partial charge >= 0.3 is 0 Å². The van der Waals surface area contributed by atoms with E-state index in [2.05, 4.69) is 14.7 Å². The fourth-order valence-electron chi connectivity index (χ4n) is 0.158. The molecule has 0 atom stereocenters. The van der Waals surface area contributed by atoms with E-state index >= 15 is 0 Å². The average Bonchev–Trinajstić information content (AvgIpc) is 1.86. The minimum absolute atomic E-state index is 0.148. The summed E-state index contributed by atoms with van der Waals surface area (Å²) < 4.78 is 4.22. The van der Waals surface area contributed by atoms with Gasteiger partial charge in [0.15, 0.2) is 0 Å². The molecule has 0 fully saturated rings. The molecule has 0 saturated carbocycles. The summed E-state index contributed by atoms with van der Waals surface area (Å²) in [4.78, 5) is 3.40. The Bertz CT molecular complexity index is 115. The molecule has 6 heavy (non-hydrogen) atoms. The summed E-state index contributed by atoms with van der Waals surface area (Å²) in [6, 6.07) is 0. The Labute approximate surface area is 38.9 Å². The van der Waals surface area contributed by atoms with Crippen LogP contribution in [-0.2, 0) is 0 Å². The van der Waals surface area contributed by atoms with Crippen LogP contribution in [0.4, 0.5) is 0 Å². The molecule has 0 aliphatic heterocycles. The van der Waals surface area contributed by atoms with Gasteiger partial charge in [-0.2, -0.15) is 4.98 Å². The highest BCUT2D eigenvalue weighted by Gasteiger charge is 1.83. The number of rotatable bonds is 0. The predicted octanol–water partition coefficient (Wildman–Crippen LogP) is 0.723. The molecule has 0 saturated heterocycles. The molecule has 0 N–H and O–H groups in total. The lowest BCUT2D eigenvalue weighted by atomic mass is 11.3. The first-order valence-electron chi connectivity index (χ1n) is 1.31. The van der Waals surface area contributed by atoms with Crippen LogP contribution in [0.25, 0.3) is 0 Å². The maximum atomic E-state index is 5.14. The van der Waals surface area contributed by atoms with E-state index in [1.165, 1.54) is 6.39 Å². The topological polar surface area (TPSA) is 38.9 Å². The largest absolute Gasteiger partial charge is 0.341 e. The number of aromatic nitrogens is 2. The van der Waals surface area contributed by atoms with Gasteiger partial charge in [-0.25, -0.2) is 0 Å². The molecule has 0 unspecified atom stereocenters. The average molecular weight is 104 g/mol. The summed E-state index contributed by atoms with van der Waals surface area (Å²) in [5.74, 6) is 0. The number of nitrogens with zero attached hydrogens (tertiary/aromatic N) is 2. The van der Waals surface area contributed by atoms with E-state index in [-0.39, 0.29) is 5.28 Å². The zero-order valence-corrected chi connectivity index (χ0v) is 3.51. The molecule has 0 aliphatic carbocycles. The van der Waals surface area contributed by atoms with Crippen molar-refractivity contribution < 1.29 is 4.52 Å². The number of hydrogen-bond donors (Lipinski definition) is 0. The first-order valence-corrected chi connectivity index (χ1v) is 1.69. The van der Waals surface area contributed by atoms with Crippen molar-refractivity contribution in [1.29, 1.82) is 0 Å². The van der Waals surface area contributed by atoms with Crippen molar-refractivity contribution in [2.45, 2.75) is 0 Å². The number of halogens is 1. The first kappa shape index (κ1) is 3.61. The van der Waals surface area contributed by atoms with E-state index in [1.807, 2.05) is 0 Å². The molecular formula is C2HClN2O. The van der Waals surface area contributed by atoms with Crippen LogP contribution in [0.1, 0.15) is 0 Å². The van der Waals surface area contributed by atoms with Gasteiger partial charge in [0.05, 0.1) is 0 Å². The fraction of sp³-hybridized carbons (Fsp3) is 0. The van der Waals surface area contributed by atoms with Crippen LogP contribution in [0, 0.1) is 0 Å². The first-order chi connectivity index (χ1) is 2.89. The summed E-state index contributed by atoms with van der Waals surface area (Å²) in [6.07, 6.45) is 1.17. The van der Waals surface area contributed by atoms with Crippen LogP contribution >= 0.6 is 11.6 Å². The Morgan fingerprint density at radius 2 is 2.67 bits per heavy atom. The molecule has 32 valence electrons. The molecule has 0 bridgehead atoms. The van der Waals surface area contributed by atoms with E-state index < -0.39 is 0 Å². The lowest BCUT2D eigenvalue weighted by Crippen LogP contribution is -1.56. The lowest BCUT2D eigenvalue weighted by molar-refractivity contribution is 0.417. The molecule has 0 aromatic carbocycles. The minimum atomic E-state index is 0.148. The van der Waals surface area contributed by atoms with Crippen LogP contribution < -0.4 is 0 Å². The van der Waals surface area contributed by atoms with Crippen molar-refractivity contribution >= 4 is 11.6 Å². The molecule has 1 aromatic heterocycles. The Kier molecular flexibility index (Phi) is 0.759. The second-order valence-corrected chi connectivity index (χ2v) is 1.04. The normalized spacial score (nSPS) is 8.83. The fourth-order valence-corrected chi connectivity index (χ4v) is 0.237. The Morgan fingerprint density at radius 3 is 2.83 bits per heavy atom. The van der Waals surface area contributed by atoms with Crippen molar-refractivity contribution in [2.24, 2.45) is 0 Å². The summed E-state index contributed by atoms with van der Waals surface area (Å²) in [6.45, 7) is 0. The Balaban J connectivity index is 3.05. The van der Waals surface area contributed by atoms with Gasteiger partial charge in [-0.05, 0) is 16.8 Å². The highest BCUT2D eigenvalue weighted by molar-refractivity contribution is 6.28. The second kappa shape index (κ2) is 1.26. The van der Waals surface area contributed by atoms with Crippen molar-refractivity contribution in [1.82, 2.24) is 10.1 Å². The molecule has 1 aromatic rings. The van der Waals surface area contributed by atoms with Crippen molar-refractivity contribution in [3.8, 4) is 0 Å². The quantitative estimate of drug-likeness (QED) is 0.487. The molecule has 4 heteroatoms. The van der Waals surface area contributed by atoms with Gasteiger partial charge in [0.2, 0.25) is 6.39 Å². The Morgan fingerprint density at radius 1 is 1.83 bits per heavy atom. The van der Waals surface area contributed by atoms with Gasteiger partial charge in [0, 0.05) is 0 Å². The molecule has 1 rings (SSSR count). The summed E-state index contributed by atoms with van der Waals surface area (Å²) >= 11 is 5.14. The van der Waals surface area contributed by atoms with Gasteiger partial charge in [0.1, 0.15) is 0 Å².